The van der Waals surface area contributed by atoms with Crippen LogP contribution in [0.3, 0.4) is 0 Å². The van der Waals surface area contributed by atoms with Gasteiger partial charge in [0, 0.05) is 23.5 Å². The van der Waals surface area contributed by atoms with Gasteiger partial charge < -0.3 is 10.6 Å². The van der Waals surface area contributed by atoms with Crippen LogP contribution in [0.2, 0.25) is 5.02 Å². The van der Waals surface area contributed by atoms with Crippen LogP contribution in [0.15, 0.2) is 29.2 Å². The standard InChI is InChI=1S/C12H17ClN2O2S/c1-15(7-3-6-14)12(16)9-18(17)11-5-2-4-10(13)8-11/h2,4-5,8H,3,6-7,9,14H2,1H3. The van der Waals surface area contributed by atoms with Crippen LogP contribution in [-0.2, 0) is 15.6 Å². The topological polar surface area (TPSA) is 63.4 Å². The lowest BCUT2D eigenvalue weighted by molar-refractivity contribution is -0.127. The van der Waals surface area contributed by atoms with E-state index in [0.717, 1.165) is 6.42 Å². The molecule has 0 bridgehead atoms. The molecule has 2 N–H and O–H groups in total. The van der Waals surface area contributed by atoms with Gasteiger partial charge in [-0.15, -0.1) is 0 Å². The fourth-order valence-electron chi connectivity index (χ4n) is 1.37. The molecule has 0 fully saturated rings. The Kier molecular flexibility index (Phi) is 6.32. The first-order chi connectivity index (χ1) is 8.54. The highest BCUT2D eigenvalue weighted by atomic mass is 35.5. The molecule has 0 aliphatic rings. The Morgan fingerprint density at radius 1 is 1.50 bits per heavy atom. The zero-order valence-electron chi connectivity index (χ0n) is 10.3. The van der Waals surface area contributed by atoms with E-state index >= 15 is 0 Å². The number of amides is 1. The van der Waals surface area contributed by atoms with Gasteiger partial charge in [0.25, 0.3) is 0 Å². The summed E-state index contributed by atoms with van der Waals surface area (Å²) in [6.45, 7) is 1.12. The van der Waals surface area contributed by atoms with E-state index in [2.05, 4.69) is 0 Å². The van der Waals surface area contributed by atoms with E-state index in [4.69, 9.17) is 17.3 Å². The Hall–Kier alpha value is -0.910. The molecule has 1 aromatic rings. The van der Waals surface area contributed by atoms with Crippen molar-refractivity contribution in [1.82, 2.24) is 4.90 Å². The second-order valence-electron chi connectivity index (χ2n) is 3.90. The molecule has 4 nitrogen and oxygen atoms in total. The Labute approximate surface area is 115 Å². The van der Waals surface area contributed by atoms with Crippen molar-refractivity contribution >= 4 is 28.3 Å². The molecule has 1 aromatic carbocycles. The van der Waals surface area contributed by atoms with Gasteiger partial charge in [0.1, 0.15) is 5.75 Å². The number of benzene rings is 1. The number of hydrogen-bond donors (Lipinski definition) is 1. The molecule has 1 unspecified atom stereocenters. The van der Waals surface area contributed by atoms with E-state index < -0.39 is 10.8 Å². The Morgan fingerprint density at radius 2 is 2.22 bits per heavy atom. The average molecular weight is 289 g/mol. The maximum atomic E-state index is 12.0. The summed E-state index contributed by atoms with van der Waals surface area (Å²) >= 11 is 5.81. The van der Waals surface area contributed by atoms with Gasteiger partial charge in [0.15, 0.2) is 0 Å². The molecule has 0 aliphatic heterocycles. The first-order valence-electron chi connectivity index (χ1n) is 5.62. The normalized spacial score (nSPS) is 12.2. The summed E-state index contributed by atoms with van der Waals surface area (Å²) in [6.07, 6.45) is 0.742. The highest BCUT2D eigenvalue weighted by Gasteiger charge is 2.14. The van der Waals surface area contributed by atoms with Gasteiger partial charge in [-0.1, -0.05) is 17.7 Å². The van der Waals surface area contributed by atoms with Crippen LogP contribution < -0.4 is 5.73 Å². The Morgan fingerprint density at radius 3 is 2.83 bits per heavy atom. The first-order valence-corrected chi connectivity index (χ1v) is 7.32. The quantitative estimate of drug-likeness (QED) is 0.857. The predicted molar refractivity (Wildman–Crippen MR) is 74.0 cm³/mol. The van der Waals surface area contributed by atoms with Crippen LogP contribution in [0.1, 0.15) is 6.42 Å². The third-order valence-corrected chi connectivity index (χ3v) is 3.96. The molecular formula is C12H17ClN2O2S. The van der Waals surface area contributed by atoms with Gasteiger partial charge in [0.05, 0.1) is 10.8 Å². The number of carbonyl (C=O) groups excluding carboxylic acids is 1. The molecule has 0 saturated heterocycles. The van der Waals surface area contributed by atoms with Crippen molar-refractivity contribution in [2.24, 2.45) is 5.73 Å². The van der Waals surface area contributed by atoms with E-state index in [1.165, 1.54) is 0 Å². The summed E-state index contributed by atoms with van der Waals surface area (Å²) in [7, 11) is 0.331. The zero-order chi connectivity index (χ0) is 13.5. The lowest BCUT2D eigenvalue weighted by Gasteiger charge is -2.16. The van der Waals surface area contributed by atoms with Crippen molar-refractivity contribution < 1.29 is 9.00 Å². The zero-order valence-corrected chi connectivity index (χ0v) is 11.8. The minimum absolute atomic E-state index is 0.0264. The third-order valence-electron chi connectivity index (χ3n) is 2.44. The summed E-state index contributed by atoms with van der Waals surface area (Å²) < 4.78 is 12.0. The molecule has 1 atom stereocenters. The molecule has 1 rings (SSSR count). The smallest absolute Gasteiger partial charge is 0.235 e. The van der Waals surface area contributed by atoms with Gasteiger partial charge in [-0.25, -0.2) is 0 Å². The number of halogens is 1. The van der Waals surface area contributed by atoms with Crippen molar-refractivity contribution in [3.05, 3.63) is 29.3 Å². The van der Waals surface area contributed by atoms with Gasteiger partial charge in [-0.05, 0) is 31.2 Å². The first kappa shape index (κ1) is 15.1. The van der Waals surface area contributed by atoms with Crippen molar-refractivity contribution in [2.75, 3.05) is 25.9 Å². The average Bonchev–Trinajstić information content (AvgIpc) is 2.35. The van der Waals surface area contributed by atoms with Crippen LogP contribution in [0.25, 0.3) is 0 Å². The fourth-order valence-corrected chi connectivity index (χ4v) is 2.72. The third kappa shape index (κ3) is 4.76. The van der Waals surface area contributed by atoms with E-state index in [1.807, 2.05) is 0 Å². The largest absolute Gasteiger partial charge is 0.345 e. The number of nitrogens with zero attached hydrogens (tertiary/aromatic N) is 1. The van der Waals surface area contributed by atoms with E-state index in [1.54, 1.807) is 36.2 Å². The van der Waals surface area contributed by atoms with Crippen LogP contribution in [0.5, 0.6) is 0 Å². The molecule has 0 aromatic heterocycles. The molecule has 18 heavy (non-hydrogen) atoms. The van der Waals surface area contributed by atoms with Crippen molar-refractivity contribution in [1.29, 1.82) is 0 Å². The Balaban J connectivity index is 2.57. The summed E-state index contributed by atoms with van der Waals surface area (Å²) in [5, 5.41) is 0.518. The summed E-state index contributed by atoms with van der Waals surface area (Å²) in [5.74, 6) is -0.178. The van der Waals surface area contributed by atoms with Crippen molar-refractivity contribution in [2.45, 2.75) is 11.3 Å². The number of nitrogens with two attached hydrogens (primary N) is 1. The summed E-state index contributed by atoms with van der Waals surface area (Å²) in [5.41, 5.74) is 5.37. The van der Waals surface area contributed by atoms with Gasteiger partial charge in [-0.2, -0.15) is 0 Å². The summed E-state index contributed by atoms with van der Waals surface area (Å²) in [6, 6.07) is 6.75. The monoisotopic (exact) mass is 288 g/mol. The molecule has 0 saturated carbocycles. The second kappa shape index (κ2) is 7.51. The number of rotatable bonds is 6. The van der Waals surface area contributed by atoms with Gasteiger partial charge in [0.2, 0.25) is 5.91 Å². The maximum Gasteiger partial charge on any atom is 0.235 e. The summed E-state index contributed by atoms with van der Waals surface area (Å²) in [4.78, 5) is 13.9. The highest BCUT2D eigenvalue weighted by molar-refractivity contribution is 7.85. The van der Waals surface area contributed by atoms with Crippen LogP contribution in [-0.4, -0.2) is 40.9 Å². The molecule has 100 valence electrons. The van der Waals surface area contributed by atoms with Crippen LogP contribution >= 0.6 is 11.6 Å². The van der Waals surface area contributed by atoms with Crippen LogP contribution in [0.4, 0.5) is 0 Å². The number of hydrogen-bond acceptors (Lipinski definition) is 3. The van der Waals surface area contributed by atoms with Gasteiger partial charge in [-0.3, -0.25) is 9.00 Å². The SMILES string of the molecule is CN(CCCN)C(=O)CS(=O)c1cccc(Cl)c1. The molecule has 1 amide bonds. The Bertz CT molecular complexity index is 440. The second-order valence-corrected chi connectivity index (χ2v) is 5.79. The molecule has 0 heterocycles. The molecule has 6 heteroatoms. The lowest BCUT2D eigenvalue weighted by atomic mass is 10.4. The van der Waals surface area contributed by atoms with Crippen molar-refractivity contribution in [3.8, 4) is 0 Å². The maximum absolute atomic E-state index is 12.0. The van der Waals surface area contributed by atoms with E-state index in [-0.39, 0.29) is 11.7 Å². The highest BCUT2D eigenvalue weighted by Crippen LogP contribution is 2.14. The minimum Gasteiger partial charge on any atom is -0.345 e. The lowest BCUT2D eigenvalue weighted by Crippen LogP contribution is -2.32. The number of carbonyl (C=O) groups is 1. The van der Waals surface area contributed by atoms with Gasteiger partial charge >= 0.3 is 0 Å². The molecule has 0 spiro atoms. The molecule has 0 aliphatic carbocycles. The minimum atomic E-state index is -1.36. The molecule has 0 radical (unpaired) electrons. The molecular weight excluding hydrogens is 272 g/mol. The predicted octanol–water partition coefficient (Wildman–Crippen LogP) is 1.25. The van der Waals surface area contributed by atoms with Crippen molar-refractivity contribution in [3.63, 3.8) is 0 Å². The van der Waals surface area contributed by atoms with Crippen LogP contribution in [0, 0.1) is 0 Å². The fraction of sp³-hybridized carbons (Fsp3) is 0.417. The van der Waals surface area contributed by atoms with E-state index in [9.17, 15) is 9.00 Å². The van der Waals surface area contributed by atoms with E-state index in [0.29, 0.717) is 23.0 Å².